The van der Waals surface area contributed by atoms with Crippen molar-refractivity contribution in [3.8, 4) is 11.1 Å². The normalized spacial score (nSPS) is 12.8. The number of anilines is 1. The van der Waals surface area contributed by atoms with Crippen molar-refractivity contribution in [2.45, 2.75) is 18.9 Å². The number of carboxylic acids is 1. The third-order valence-electron chi connectivity index (χ3n) is 5.91. The van der Waals surface area contributed by atoms with Gasteiger partial charge in [0, 0.05) is 21.8 Å². The summed E-state index contributed by atoms with van der Waals surface area (Å²) in [7, 11) is 0. The molecule has 0 spiro atoms. The highest BCUT2D eigenvalue weighted by Crippen LogP contribution is 2.44. The maximum absolute atomic E-state index is 12.5. The van der Waals surface area contributed by atoms with Crippen LogP contribution in [-0.4, -0.2) is 47.2 Å². The van der Waals surface area contributed by atoms with Gasteiger partial charge >= 0.3 is 12.1 Å². The van der Waals surface area contributed by atoms with Crippen molar-refractivity contribution < 1.29 is 24.2 Å². The second-order valence-electron chi connectivity index (χ2n) is 8.38. The van der Waals surface area contributed by atoms with Gasteiger partial charge in [-0.15, -0.1) is 11.8 Å². The Morgan fingerprint density at radius 1 is 1.03 bits per heavy atom. The molecule has 0 aromatic heterocycles. The number of aryl methyl sites for hydroxylation is 1. The molecule has 186 valence electrons. The van der Waals surface area contributed by atoms with Crippen LogP contribution in [0.15, 0.2) is 71.2 Å². The monoisotopic (exact) mass is 568 g/mol. The summed E-state index contributed by atoms with van der Waals surface area (Å²) in [6.45, 7) is 1.97. The molecule has 1 aliphatic carbocycles. The number of aliphatic carboxylic acids is 1. The lowest BCUT2D eigenvalue weighted by atomic mass is 9.98. The number of carbonyl (C=O) groups is 3. The van der Waals surface area contributed by atoms with Crippen LogP contribution >= 0.6 is 27.7 Å². The minimum atomic E-state index is -1.19. The smallest absolute Gasteiger partial charge is 0.407 e. The number of fused-ring (bicyclic) bond motifs is 3. The molecular formula is C27H25BrN2O5S. The minimum Gasteiger partial charge on any atom is -0.480 e. The molecule has 1 unspecified atom stereocenters. The fourth-order valence-electron chi connectivity index (χ4n) is 4.18. The number of rotatable bonds is 9. The van der Waals surface area contributed by atoms with E-state index >= 15 is 0 Å². The van der Waals surface area contributed by atoms with Gasteiger partial charge in [-0.1, -0.05) is 64.5 Å². The number of hydrogen-bond donors (Lipinski definition) is 3. The molecule has 3 aromatic rings. The quantitative estimate of drug-likeness (QED) is 0.318. The Balaban J connectivity index is 1.28. The number of hydrogen-bond acceptors (Lipinski definition) is 5. The van der Waals surface area contributed by atoms with Gasteiger partial charge < -0.3 is 20.5 Å². The number of benzene rings is 3. The fraction of sp³-hybridized carbons (Fsp3) is 0.222. The molecule has 0 saturated carbocycles. The molecule has 0 bridgehead atoms. The number of nitrogens with one attached hydrogen (secondary N) is 2. The Morgan fingerprint density at radius 2 is 1.67 bits per heavy atom. The summed E-state index contributed by atoms with van der Waals surface area (Å²) in [6.07, 6.45) is -0.806. The van der Waals surface area contributed by atoms with E-state index in [4.69, 9.17) is 4.74 Å². The number of thioether (sulfide) groups is 1. The summed E-state index contributed by atoms with van der Waals surface area (Å²) < 4.78 is 6.36. The van der Waals surface area contributed by atoms with Gasteiger partial charge in [0.05, 0.1) is 5.75 Å². The largest absolute Gasteiger partial charge is 0.480 e. The summed E-state index contributed by atoms with van der Waals surface area (Å²) in [6, 6.07) is 20.3. The molecule has 2 amide bonds. The molecule has 3 aromatic carbocycles. The van der Waals surface area contributed by atoms with E-state index in [9.17, 15) is 19.5 Å². The van der Waals surface area contributed by atoms with Crippen LogP contribution in [0.5, 0.6) is 0 Å². The number of halogens is 1. The van der Waals surface area contributed by atoms with Crippen molar-refractivity contribution in [2.75, 3.05) is 23.4 Å². The van der Waals surface area contributed by atoms with E-state index in [0.717, 1.165) is 44.1 Å². The van der Waals surface area contributed by atoms with E-state index in [0.29, 0.717) is 5.69 Å². The van der Waals surface area contributed by atoms with Crippen LogP contribution in [0.2, 0.25) is 0 Å². The van der Waals surface area contributed by atoms with Gasteiger partial charge in [-0.25, -0.2) is 9.59 Å². The average Bonchev–Trinajstić information content (AvgIpc) is 3.17. The Hall–Kier alpha value is -3.30. The zero-order valence-corrected chi connectivity index (χ0v) is 21.9. The molecule has 9 heteroatoms. The number of amides is 2. The molecule has 3 N–H and O–H groups in total. The van der Waals surface area contributed by atoms with E-state index in [1.165, 1.54) is 0 Å². The van der Waals surface area contributed by atoms with Crippen LogP contribution in [-0.2, 0) is 14.3 Å². The molecule has 36 heavy (non-hydrogen) atoms. The zero-order chi connectivity index (χ0) is 25.7. The standard InChI is InChI=1S/C27H25BrN2O5S/c1-16-12-17(28)10-11-23(16)29-25(31)15-36-14-24(26(32)33)30-27(34)35-13-22-20-8-4-2-6-18(20)19-7-3-5-9-21(19)22/h2-12,22,24H,13-15H2,1H3,(H,29,31)(H,30,34)(H,32,33). The summed E-state index contributed by atoms with van der Waals surface area (Å²) in [4.78, 5) is 36.4. The molecule has 0 aliphatic heterocycles. The van der Waals surface area contributed by atoms with E-state index in [-0.39, 0.29) is 29.9 Å². The van der Waals surface area contributed by atoms with Gasteiger partial charge in [-0.05, 0) is 52.9 Å². The van der Waals surface area contributed by atoms with E-state index in [1.807, 2.05) is 67.6 Å². The van der Waals surface area contributed by atoms with Gasteiger partial charge in [-0.2, -0.15) is 0 Å². The summed E-state index contributed by atoms with van der Waals surface area (Å²) >= 11 is 4.50. The van der Waals surface area contributed by atoms with Crippen molar-refractivity contribution >= 4 is 51.3 Å². The summed E-state index contributed by atoms with van der Waals surface area (Å²) in [5.41, 5.74) is 5.96. The molecule has 4 rings (SSSR count). The lowest BCUT2D eigenvalue weighted by molar-refractivity contribution is -0.138. The van der Waals surface area contributed by atoms with E-state index in [2.05, 4.69) is 26.6 Å². The van der Waals surface area contributed by atoms with Crippen molar-refractivity contribution in [1.29, 1.82) is 0 Å². The zero-order valence-electron chi connectivity index (χ0n) is 19.5. The second kappa shape index (κ2) is 11.6. The molecule has 0 fully saturated rings. The molecule has 7 nitrogen and oxygen atoms in total. The highest BCUT2D eigenvalue weighted by molar-refractivity contribution is 9.10. The second-order valence-corrected chi connectivity index (χ2v) is 10.3. The van der Waals surface area contributed by atoms with Crippen LogP contribution in [0, 0.1) is 6.92 Å². The number of ether oxygens (including phenoxy) is 1. The van der Waals surface area contributed by atoms with E-state index < -0.39 is 18.1 Å². The Labute approximate surface area is 221 Å². The summed E-state index contributed by atoms with van der Waals surface area (Å²) in [5, 5.41) is 14.8. The molecule has 0 radical (unpaired) electrons. The first-order valence-corrected chi connectivity index (χ1v) is 13.3. The summed E-state index contributed by atoms with van der Waals surface area (Å²) in [5.74, 6) is -1.50. The first-order valence-electron chi connectivity index (χ1n) is 11.3. The molecule has 1 aliphatic rings. The Morgan fingerprint density at radius 3 is 2.28 bits per heavy atom. The number of carbonyl (C=O) groups excluding carboxylic acids is 2. The Bertz CT molecular complexity index is 1250. The predicted octanol–water partition coefficient (Wildman–Crippen LogP) is 5.42. The molecule has 0 heterocycles. The first kappa shape index (κ1) is 25.8. The molecular weight excluding hydrogens is 544 g/mol. The van der Waals surface area contributed by atoms with Crippen LogP contribution in [0.4, 0.5) is 10.5 Å². The first-order chi connectivity index (χ1) is 17.3. The highest BCUT2D eigenvalue weighted by atomic mass is 79.9. The fourth-order valence-corrected chi connectivity index (χ4v) is 5.49. The number of alkyl carbamates (subject to hydrolysis) is 1. The van der Waals surface area contributed by atoms with E-state index in [1.54, 1.807) is 6.07 Å². The maximum Gasteiger partial charge on any atom is 0.407 e. The lowest BCUT2D eigenvalue weighted by Gasteiger charge is -2.17. The van der Waals surface area contributed by atoms with Crippen LogP contribution < -0.4 is 10.6 Å². The van der Waals surface area contributed by atoms with Gasteiger partial charge in [-0.3, -0.25) is 4.79 Å². The lowest BCUT2D eigenvalue weighted by Crippen LogP contribution is -2.43. The Kier molecular flexibility index (Phi) is 8.32. The van der Waals surface area contributed by atoms with Gasteiger partial charge in [0.25, 0.3) is 0 Å². The van der Waals surface area contributed by atoms with Gasteiger partial charge in [0.1, 0.15) is 12.6 Å². The van der Waals surface area contributed by atoms with Crippen molar-refractivity contribution in [3.63, 3.8) is 0 Å². The van der Waals surface area contributed by atoms with Gasteiger partial charge in [0.15, 0.2) is 0 Å². The predicted molar refractivity (Wildman–Crippen MR) is 144 cm³/mol. The van der Waals surface area contributed by atoms with Crippen molar-refractivity contribution in [2.24, 2.45) is 0 Å². The van der Waals surface area contributed by atoms with Gasteiger partial charge in [0.2, 0.25) is 5.91 Å². The minimum absolute atomic E-state index is 0.0201. The third kappa shape index (κ3) is 6.09. The van der Waals surface area contributed by atoms with Crippen LogP contribution in [0.25, 0.3) is 11.1 Å². The van der Waals surface area contributed by atoms with Crippen molar-refractivity contribution in [1.82, 2.24) is 5.32 Å². The van der Waals surface area contributed by atoms with Crippen LogP contribution in [0.1, 0.15) is 22.6 Å². The number of carboxylic acid groups (broad SMARTS) is 1. The third-order valence-corrected chi connectivity index (χ3v) is 7.44. The SMILES string of the molecule is Cc1cc(Br)ccc1NC(=O)CSCC(NC(=O)OCC1c2ccccc2-c2ccccc21)C(=O)O. The maximum atomic E-state index is 12.5. The van der Waals surface area contributed by atoms with Crippen LogP contribution in [0.3, 0.4) is 0 Å². The molecule has 0 saturated heterocycles. The topological polar surface area (TPSA) is 105 Å². The highest BCUT2D eigenvalue weighted by Gasteiger charge is 2.29. The molecule has 1 atom stereocenters. The van der Waals surface area contributed by atoms with Crippen molar-refractivity contribution in [3.05, 3.63) is 87.9 Å². The average molecular weight is 569 g/mol.